The van der Waals surface area contributed by atoms with Gasteiger partial charge in [0.2, 0.25) is 0 Å². The van der Waals surface area contributed by atoms with Gasteiger partial charge in [-0.3, -0.25) is 4.79 Å². The number of para-hydroxylation sites is 1. The molecule has 0 saturated heterocycles. The van der Waals surface area contributed by atoms with Gasteiger partial charge in [0, 0.05) is 16.3 Å². The van der Waals surface area contributed by atoms with Crippen LogP contribution in [-0.4, -0.2) is 15.9 Å². The van der Waals surface area contributed by atoms with E-state index < -0.39 is 5.91 Å². The highest BCUT2D eigenvalue weighted by Crippen LogP contribution is 2.25. The second-order valence-corrected chi connectivity index (χ2v) is 4.27. The standard InChI is InChI=1S/C14H13N3O/c1-2-11-10(13(15)18)7-9-8-5-3-4-6-12(8)17-14(9)16-11/h3-7H,2H2,1H3,(H2,15,18)(H,16,17). The minimum Gasteiger partial charge on any atom is -0.366 e. The van der Waals surface area contributed by atoms with Crippen LogP contribution in [0, 0.1) is 0 Å². The second-order valence-electron chi connectivity index (χ2n) is 4.27. The number of H-pyrrole nitrogens is 1. The molecular weight excluding hydrogens is 226 g/mol. The molecule has 4 nitrogen and oxygen atoms in total. The maximum absolute atomic E-state index is 11.5. The number of aromatic nitrogens is 2. The molecule has 3 aromatic rings. The quantitative estimate of drug-likeness (QED) is 0.720. The van der Waals surface area contributed by atoms with Crippen LogP contribution in [-0.2, 0) is 6.42 Å². The molecule has 18 heavy (non-hydrogen) atoms. The molecule has 0 bridgehead atoms. The largest absolute Gasteiger partial charge is 0.366 e. The van der Waals surface area contributed by atoms with Gasteiger partial charge >= 0.3 is 0 Å². The lowest BCUT2D eigenvalue weighted by Gasteiger charge is -2.03. The second kappa shape index (κ2) is 3.84. The summed E-state index contributed by atoms with van der Waals surface area (Å²) >= 11 is 0. The van der Waals surface area contributed by atoms with Crippen LogP contribution in [0.25, 0.3) is 21.9 Å². The van der Waals surface area contributed by atoms with Gasteiger partial charge in [0.15, 0.2) is 0 Å². The number of primary amides is 1. The Morgan fingerprint density at radius 1 is 1.33 bits per heavy atom. The number of nitrogens with one attached hydrogen (secondary N) is 1. The van der Waals surface area contributed by atoms with Crippen molar-refractivity contribution in [2.45, 2.75) is 13.3 Å². The summed E-state index contributed by atoms with van der Waals surface area (Å²) in [6.07, 6.45) is 0.684. The molecule has 3 N–H and O–H groups in total. The fourth-order valence-electron chi connectivity index (χ4n) is 2.29. The molecule has 0 unspecified atom stereocenters. The molecule has 1 aromatic carbocycles. The van der Waals surface area contributed by atoms with E-state index >= 15 is 0 Å². The molecule has 0 fully saturated rings. The Balaban J connectivity index is 2.44. The molecule has 90 valence electrons. The molecule has 0 aliphatic heterocycles. The summed E-state index contributed by atoms with van der Waals surface area (Å²) in [7, 11) is 0. The van der Waals surface area contributed by atoms with Crippen molar-refractivity contribution >= 4 is 27.8 Å². The molecule has 4 heteroatoms. The first-order valence-electron chi connectivity index (χ1n) is 5.91. The van der Waals surface area contributed by atoms with E-state index in [4.69, 9.17) is 5.73 Å². The van der Waals surface area contributed by atoms with Gasteiger partial charge in [-0.25, -0.2) is 4.98 Å². The van der Waals surface area contributed by atoms with Crippen molar-refractivity contribution in [1.29, 1.82) is 0 Å². The predicted octanol–water partition coefficient (Wildman–Crippen LogP) is 2.38. The van der Waals surface area contributed by atoms with Crippen LogP contribution in [0.1, 0.15) is 23.0 Å². The molecule has 3 rings (SSSR count). The number of aryl methyl sites for hydroxylation is 1. The topological polar surface area (TPSA) is 71.8 Å². The van der Waals surface area contributed by atoms with E-state index in [0.717, 1.165) is 27.6 Å². The summed E-state index contributed by atoms with van der Waals surface area (Å²) in [6, 6.07) is 9.77. The van der Waals surface area contributed by atoms with Gasteiger partial charge < -0.3 is 10.7 Å². The number of hydrogen-bond acceptors (Lipinski definition) is 2. The Kier molecular flexibility index (Phi) is 2.30. The van der Waals surface area contributed by atoms with Crippen molar-refractivity contribution in [1.82, 2.24) is 9.97 Å². The summed E-state index contributed by atoms with van der Waals surface area (Å²) in [5, 5.41) is 2.00. The van der Waals surface area contributed by atoms with Crippen LogP contribution in [0.4, 0.5) is 0 Å². The number of carbonyl (C=O) groups is 1. The summed E-state index contributed by atoms with van der Waals surface area (Å²) in [5.74, 6) is -0.425. The third kappa shape index (κ3) is 1.46. The van der Waals surface area contributed by atoms with Crippen molar-refractivity contribution < 1.29 is 4.79 Å². The number of hydrogen-bond donors (Lipinski definition) is 2. The van der Waals surface area contributed by atoms with Crippen LogP contribution in [0.5, 0.6) is 0 Å². The summed E-state index contributed by atoms with van der Waals surface area (Å²) in [6.45, 7) is 1.96. The predicted molar refractivity (Wildman–Crippen MR) is 71.5 cm³/mol. The van der Waals surface area contributed by atoms with E-state index in [1.807, 2.05) is 37.3 Å². The van der Waals surface area contributed by atoms with Gasteiger partial charge in [0.25, 0.3) is 5.91 Å². The minimum atomic E-state index is -0.425. The molecule has 0 atom stereocenters. The third-order valence-electron chi connectivity index (χ3n) is 3.17. The number of rotatable bonds is 2. The lowest BCUT2D eigenvalue weighted by atomic mass is 10.1. The molecule has 0 spiro atoms. The normalized spacial score (nSPS) is 11.2. The molecule has 0 aliphatic rings. The zero-order chi connectivity index (χ0) is 12.7. The van der Waals surface area contributed by atoms with E-state index in [2.05, 4.69) is 9.97 Å². The Hall–Kier alpha value is -2.36. The van der Waals surface area contributed by atoms with Gasteiger partial charge in [-0.1, -0.05) is 25.1 Å². The van der Waals surface area contributed by atoms with Crippen LogP contribution in [0.3, 0.4) is 0 Å². The summed E-state index contributed by atoms with van der Waals surface area (Å²) < 4.78 is 0. The highest BCUT2D eigenvalue weighted by molar-refractivity contribution is 6.08. The number of nitrogens with two attached hydrogens (primary N) is 1. The van der Waals surface area contributed by atoms with E-state index in [9.17, 15) is 4.79 Å². The Morgan fingerprint density at radius 2 is 2.11 bits per heavy atom. The maximum Gasteiger partial charge on any atom is 0.250 e. The summed E-state index contributed by atoms with van der Waals surface area (Å²) in [5.41, 5.74) is 8.47. The lowest BCUT2D eigenvalue weighted by Crippen LogP contribution is -2.14. The van der Waals surface area contributed by atoms with Crippen molar-refractivity contribution in [3.05, 3.63) is 41.6 Å². The van der Waals surface area contributed by atoms with Gasteiger partial charge in [0.1, 0.15) is 5.65 Å². The van der Waals surface area contributed by atoms with E-state index in [1.165, 1.54) is 0 Å². The smallest absolute Gasteiger partial charge is 0.250 e. The Labute approximate surface area is 104 Å². The third-order valence-corrected chi connectivity index (χ3v) is 3.17. The number of nitrogens with zero attached hydrogens (tertiary/aromatic N) is 1. The van der Waals surface area contributed by atoms with Gasteiger partial charge in [-0.2, -0.15) is 0 Å². The molecule has 0 radical (unpaired) electrons. The zero-order valence-corrected chi connectivity index (χ0v) is 10.0. The zero-order valence-electron chi connectivity index (χ0n) is 10.0. The number of carbonyl (C=O) groups excluding carboxylic acids is 1. The van der Waals surface area contributed by atoms with Crippen LogP contribution < -0.4 is 5.73 Å². The fraction of sp³-hybridized carbons (Fsp3) is 0.143. The highest BCUT2D eigenvalue weighted by Gasteiger charge is 2.13. The van der Waals surface area contributed by atoms with Crippen molar-refractivity contribution in [2.24, 2.45) is 5.73 Å². The number of pyridine rings is 1. The molecule has 0 saturated carbocycles. The first-order chi connectivity index (χ1) is 8.70. The van der Waals surface area contributed by atoms with E-state index in [0.29, 0.717) is 12.0 Å². The average Bonchev–Trinajstić information content (AvgIpc) is 2.74. The highest BCUT2D eigenvalue weighted by atomic mass is 16.1. The molecule has 2 heterocycles. The number of aromatic amines is 1. The lowest BCUT2D eigenvalue weighted by molar-refractivity contribution is 0.0999. The van der Waals surface area contributed by atoms with Crippen molar-refractivity contribution in [3.8, 4) is 0 Å². The average molecular weight is 239 g/mol. The molecular formula is C14H13N3O. The minimum absolute atomic E-state index is 0.425. The van der Waals surface area contributed by atoms with Gasteiger partial charge in [0.05, 0.1) is 11.3 Å². The fourth-order valence-corrected chi connectivity index (χ4v) is 2.29. The van der Waals surface area contributed by atoms with Crippen LogP contribution >= 0.6 is 0 Å². The number of amides is 1. The van der Waals surface area contributed by atoms with Crippen LogP contribution in [0.2, 0.25) is 0 Å². The van der Waals surface area contributed by atoms with E-state index in [1.54, 1.807) is 0 Å². The first-order valence-corrected chi connectivity index (χ1v) is 5.91. The van der Waals surface area contributed by atoms with Crippen LogP contribution in [0.15, 0.2) is 30.3 Å². The maximum atomic E-state index is 11.5. The summed E-state index contributed by atoms with van der Waals surface area (Å²) in [4.78, 5) is 19.2. The van der Waals surface area contributed by atoms with Crippen molar-refractivity contribution in [3.63, 3.8) is 0 Å². The Morgan fingerprint density at radius 3 is 2.83 bits per heavy atom. The molecule has 0 aliphatic carbocycles. The first kappa shape index (κ1) is 10.8. The van der Waals surface area contributed by atoms with Crippen molar-refractivity contribution in [2.75, 3.05) is 0 Å². The number of benzene rings is 1. The van der Waals surface area contributed by atoms with Gasteiger partial charge in [-0.05, 0) is 18.6 Å². The SMILES string of the molecule is CCc1nc2[nH]c3ccccc3c2cc1C(N)=O. The number of fused-ring (bicyclic) bond motifs is 3. The monoisotopic (exact) mass is 239 g/mol. The van der Waals surface area contributed by atoms with E-state index in [-0.39, 0.29) is 0 Å². The molecule has 1 amide bonds. The molecule has 2 aromatic heterocycles. The Bertz CT molecular complexity index is 758. The van der Waals surface area contributed by atoms with Gasteiger partial charge in [-0.15, -0.1) is 0 Å².